The zero-order chi connectivity index (χ0) is 13.2. The Balaban J connectivity index is 2.09. The molecule has 102 valence electrons. The largest absolute Gasteiger partial charge is 0.492 e. The molecule has 0 aliphatic rings. The van der Waals surface area contributed by atoms with E-state index in [0.717, 1.165) is 38.5 Å². The van der Waals surface area contributed by atoms with E-state index in [4.69, 9.17) is 9.47 Å². The van der Waals surface area contributed by atoms with Crippen LogP contribution in [0, 0.1) is 13.8 Å². The van der Waals surface area contributed by atoms with Gasteiger partial charge in [0.1, 0.15) is 12.4 Å². The van der Waals surface area contributed by atoms with E-state index in [1.807, 2.05) is 6.92 Å². The minimum Gasteiger partial charge on any atom is -0.492 e. The van der Waals surface area contributed by atoms with Gasteiger partial charge in [-0.15, -0.1) is 0 Å². The predicted octanol–water partition coefficient (Wildman–Crippen LogP) is 2.70. The average molecular weight is 251 g/mol. The SMILES string of the molecule is CCOCCCNCCOc1cc(C)ccc1C. The second kappa shape index (κ2) is 8.95. The van der Waals surface area contributed by atoms with Crippen molar-refractivity contribution in [3.05, 3.63) is 29.3 Å². The summed E-state index contributed by atoms with van der Waals surface area (Å²) in [4.78, 5) is 0. The fourth-order valence-electron chi connectivity index (χ4n) is 1.66. The van der Waals surface area contributed by atoms with Crippen LogP contribution >= 0.6 is 0 Å². The molecule has 0 unspecified atom stereocenters. The number of nitrogens with one attached hydrogen (secondary N) is 1. The van der Waals surface area contributed by atoms with Gasteiger partial charge >= 0.3 is 0 Å². The van der Waals surface area contributed by atoms with E-state index in [1.165, 1.54) is 11.1 Å². The zero-order valence-corrected chi connectivity index (χ0v) is 11.8. The van der Waals surface area contributed by atoms with Gasteiger partial charge in [-0.1, -0.05) is 12.1 Å². The average Bonchev–Trinajstić information content (AvgIpc) is 2.36. The molecule has 0 saturated heterocycles. The van der Waals surface area contributed by atoms with Crippen molar-refractivity contribution in [1.29, 1.82) is 0 Å². The van der Waals surface area contributed by atoms with E-state index in [9.17, 15) is 0 Å². The lowest BCUT2D eigenvalue weighted by Gasteiger charge is -2.10. The number of rotatable bonds is 9. The molecule has 1 aromatic carbocycles. The Morgan fingerprint density at radius 2 is 1.94 bits per heavy atom. The third kappa shape index (κ3) is 6.03. The minimum absolute atomic E-state index is 0.707. The number of aryl methyl sites for hydroxylation is 2. The van der Waals surface area contributed by atoms with E-state index in [1.54, 1.807) is 0 Å². The van der Waals surface area contributed by atoms with Crippen molar-refractivity contribution in [2.45, 2.75) is 27.2 Å². The Morgan fingerprint density at radius 3 is 2.72 bits per heavy atom. The molecule has 1 aromatic rings. The molecule has 0 heterocycles. The van der Waals surface area contributed by atoms with Crippen LogP contribution < -0.4 is 10.1 Å². The molecule has 0 bridgehead atoms. The van der Waals surface area contributed by atoms with Crippen LogP contribution in [0.2, 0.25) is 0 Å². The highest BCUT2D eigenvalue weighted by atomic mass is 16.5. The first-order valence-corrected chi connectivity index (χ1v) is 6.72. The monoisotopic (exact) mass is 251 g/mol. The third-order valence-electron chi connectivity index (χ3n) is 2.73. The van der Waals surface area contributed by atoms with Gasteiger partial charge in [0.05, 0.1) is 0 Å². The Hall–Kier alpha value is -1.06. The molecule has 0 spiro atoms. The molecule has 0 radical (unpaired) electrons. The lowest BCUT2D eigenvalue weighted by molar-refractivity contribution is 0.144. The summed E-state index contributed by atoms with van der Waals surface area (Å²) in [5, 5.41) is 3.34. The highest BCUT2D eigenvalue weighted by molar-refractivity contribution is 5.35. The normalized spacial score (nSPS) is 10.6. The maximum atomic E-state index is 5.75. The van der Waals surface area contributed by atoms with Crippen molar-refractivity contribution in [2.24, 2.45) is 0 Å². The van der Waals surface area contributed by atoms with Crippen molar-refractivity contribution >= 4 is 0 Å². The van der Waals surface area contributed by atoms with Gasteiger partial charge in [0, 0.05) is 19.8 Å². The lowest BCUT2D eigenvalue weighted by Crippen LogP contribution is -2.23. The standard InChI is InChI=1S/C15H25NO2/c1-4-17-10-5-8-16-9-11-18-15-12-13(2)6-7-14(15)3/h6-7,12,16H,4-5,8-11H2,1-3H3. The summed E-state index contributed by atoms with van der Waals surface area (Å²) in [6, 6.07) is 6.29. The van der Waals surface area contributed by atoms with Crippen molar-refractivity contribution in [3.63, 3.8) is 0 Å². The summed E-state index contributed by atoms with van der Waals surface area (Å²) < 4.78 is 11.0. The van der Waals surface area contributed by atoms with Crippen LogP contribution in [-0.4, -0.2) is 32.9 Å². The number of hydrogen-bond acceptors (Lipinski definition) is 3. The summed E-state index contributed by atoms with van der Waals surface area (Å²) >= 11 is 0. The fourth-order valence-corrected chi connectivity index (χ4v) is 1.66. The molecule has 0 aliphatic carbocycles. The summed E-state index contributed by atoms with van der Waals surface area (Å²) in [6.45, 7) is 10.4. The maximum Gasteiger partial charge on any atom is 0.122 e. The second-order valence-corrected chi connectivity index (χ2v) is 4.42. The van der Waals surface area contributed by atoms with E-state index in [0.29, 0.717) is 6.61 Å². The van der Waals surface area contributed by atoms with Gasteiger partial charge in [0.2, 0.25) is 0 Å². The van der Waals surface area contributed by atoms with E-state index in [2.05, 4.69) is 37.4 Å². The highest BCUT2D eigenvalue weighted by Crippen LogP contribution is 2.18. The Bertz CT molecular complexity index is 339. The minimum atomic E-state index is 0.707. The van der Waals surface area contributed by atoms with Gasteiger partial charge < -0.3 is 14.8 Å². The van der Waals surface area contributed by atoms with Gasteiger partial charge in [-0.3, -0.25) is 0 Å². The zero-order valence-electron chi connectivity index (χ0n) is 11.8. The van der Waals surface area contributed by atoms with Gasteiger partial charge in [-0.05, 0) is 50.9 Å². The van der Waals surface area contributed by atoms with Crippen molar-refractivity contribution < 1.29 is 9.47 Å². The van der Waals surface area contributed by atoms with Crippen LogP contribution in [0.3, 0.4) is 0 Å². The first kappa shape index (κ1) is 15.0. The molecule has 0 saturated carbocycles. The molecule has 18 heavy (non-hydrogen) atoms. The van der Waals surface area contributed by atoms with E-state index in [-0.39, 0.29) is 0 Å². The molecular weight excluding hydrogens is 226 g/mol. The molecule has 0 aliphatic heterocycles. The molecule has 0 atom stereocenters. The third-order valence-corrected chi connectivity index (χ3v) is 2.73. The molecule has 1 rings (SSSR count). The molecule has 0 fully saturated rings. The summed E-state index contributed by atoms with van der Waals surface area (Å²) in [6.07, 6.45) is 1.05. The topological polar surface area (TPSA) is 30.5 Å². The van der Waals surface area contributed by atoms with E-state index < -0.39 is 0 Å². The van der Waals surface area contributed by atoms with Crippen LogP contribution in [0.4, 0.5) is 0 Å². The van der Waals surface area contributed by atoms with E-state index >= 15 is 0 Å². The van der Waals surface area contributed by atoms with Crippen molar-refractivity contribution in [1.82, 2.24) is 5.32 Å². The maximum absolute atomic E-state index is 5.75. The molecule has 1 N–H and O–H groups in total. The Morgan fingerprint density at radius 1 is 1.11 bits per heavy atom. The van der Waals surface area contributed by atoms with Crippen LogP contribution in [0.5, 0.6) is 5.75 Å². The predicted molar refractivity (Wildman–Crippen MR) is 75.4 cm³/mol. The molecule has 0 aromatic heterocycles. The number of benzene rings is 1. The lowest BCUT2D eigenvalue weighted by atomic mass is 10.1. The van der Waals surface area contributed by atoms with Crippen LogP contribution in [0.1, 0.15) is 24.5 Å². The smallest absolute Gasteiger partial charge is 0.122 e. The second-order valence-electron chi connectivity index (χ2n) is 4.42. The van der Waals surface area contributed by atoms with Gasteiger partial charge in [0.25, 0.3) is 0 Å². The Kier molecular flexibility index (Phi) is 7.46. The molecule has 3 nitrogen and oxygen atoms in total. The van der Waals surface area contributed by atoms with Gasteiger partial charge in [-0.2, -0.15) is 0 Å². The van der Waals surface area contributed by atoms with Crippen LogP contribution in [0.25, 0.3) is 0 Å². The summed E-state index contributed by atoms with van der Waals surface area (Å²) in [7, 11) is 0. The summed E-state index contributed by atoms with van der Waals surface area (Å²) in [5.74, 6) is 0.992. The van der Waals surface area contributed by atoms with Gasteiger partial charge in [-0.25, -0.2) is 0 Å². The quantitative estimate of drug-likeness (QED) is 0.685. The Labute approximate surface area is 110 Å². The van der Waals surface area contributed by atoms with Crippen LogP contribution in [-0.2, 0) is 4.74 Å². The molecule has 3 heteroatoms. The molecule has 0 amide bonds. The van der Waals surface area contributed by atoms with Crippen molar-refractivity contribution in [3.8, 4) is 5.75 Å². The number of ether oxygens (including phenoxy) is 2. The number of hydrogen-bond donors (Lipinski definition) is 1. The van der Waals surface area contributed by atoms with Gasteiger partial charge in [0.15, 0.2) is 0 Å². The first-order chi connectivity index (χ1) is 8.74. The van der Waals surface area contributed by atoms with Crippen molar-refractivity contribution in [2.75, 3.05) is 32.9 Å². The highest BCUT2D eigenvalue weighted by Gasteiger charge is 1.99. The van der Waals surface area contributed by atoms with Crippen LogP contribution in [0.15, 0.2) is 18.2 Å². The molecular formula is C15H25NO2. The summed E-state index contributed by atoms with van der Waals surface area (Å²) in [5.41, 5.74) is 2.43. The fraction of sp³-hybridized carbons (Fsp3) is 0.600. The first-order valence-electron chi connectivity index (χ1n) is 6.72.